The zero-order chi connectivity index (χ0) is 10.8. The van der Waals surface area contributed by atoms with Crippen LogP contribution in [0.15, 0.2) is 24.4 Å². The van der Waals surface area contributed by atoms with E-state index < -0.39 is 0 Å². The van der Waals surface area contributed by atoms with Gasteiger partial charge in [0.05, 0.1) is 5.02 Å². The molecule has 74 valence electrons. The van der Waals surface area contributed by atoms with Gasteiger partial charge in [-0.1, -0.05) is 11.6 Å². The van der Waals surface area contributed by atoms with Gasteiger partial charge < -0.3 is 0 Å². The number of pyridine rings is 1. The van der Waals surface area contributed by atoms with Crippen LogP contribution in [0.2, 0.25) is 5.02 Å². The van der Waals surface area contributed by atoms with Gasteiger partial charge >= 0.3 is 0 Å². The maximum Gasteiger partial charge on any atom is 0.172 e. The van der Waals surface area contributed by atoms with Gasteiger partial charge in [0.1, 0.15) is 6.07 Å². The van der Waals surface area contributed by atoms with Crippen LogP contribution in [0.4, 0.5) is 0 Å². The highest BCUT2D eigenvalue weighted by Gasteiger charge is 2.09. The minimum atomic E-state index is 0.356. The van der Waals surface area contributed by atoms with E-state index in [1.807, 2.05) is 13.0 Å². The topological polar surface area (TPSA) is 54.5 Å². The average Bonchev–Trinajstić information content (AvgIpc) is 2.60. The molecule has 4 nitrogen and oxygen atoms in total. The molecule has 15 heavy (non-hydrogen) atoms. The summed E-state index contributed by atoms with van der Waals surface area (Å²) >= 11 is 5.98. The van der Waals surface area contributed by atoms with Crippen molar-refractivity contribution in [2.75, 3.05) is 0 Å². The lowest BCUT2D eigenvalue weighted by Crippen LogP contribution is -2.02. The molecular weight excluding hydrogens is 212 g/mol. The standard InChI is InChI=1S/C10H7ClN4/c1-7-5-8(6-12)14-15(7)10-9(11)3-2-4-13-10/h2-5H,1H3. The highest BCUT2D eigenvalue weighted by atomic mass is 35.5. The maximum atomic E-state index is 8.71. The van der Waals surface area contributed by atoms with Crippen LogP contribution in [0.25, 0.3) is 5.82 Å². The SMILES string of the molecule is Cc1cc(C#N)nn1-c1ncccc1Cl. The number of nitriles is 1. The lowest BCUT2D eigenvalue weighted by atomic mass is 10.4. The van der Waals surface area contributed by atoms with Crippen LogP contribution in [-0.2, 0) is 0 Å². The fourth-order valence-corrected chi connectivity index (χ4v) is 1.48. The molecule has 0 spiro atoms. The third-order valence-electron chi connectivity index (χ3n) is 1.94. The Kier molecular flexibility index (Phi) is 2.40. The molecule has 0 bridgehead atoms. The van der Waals surface area contributed by atoms with Crippen molar-refractivity contribution in [1.29, 1.82) is 5.26 Å². The highest BCUT2D eigenvalue weighted by Crippen LogP contribution is 2.18. The van der Waals surface area contributed by atoms with Gasteiger partial charge in [0.2, 0.25) is 0 Å². The molecule has 0 saturated heterocycles. The van der Waals surface area contributed by atoms with Gasteiger partial charge in [0.25, 0.3) is 0 Å². The number of aromatic nitrogens is 3. The number of hydrogen-bond donors (Lipinski definition) is 0. The van der Waals surface area contributed by atoms with Crippen molar-refractivity contribution in [1.82, 2.24) is 14.8 Å². The summed E-state index contributed by atoms with van der Waals surface area (Å²) in [6.45, 7) is 1.85. The summed E-state index contributed by atoms with van der Waals surface area (Å²) in [5.74, 6) is 0.540. The summed E-state index contributed by atoms with van der Waals surface area (Å²) in [5, 5.41) is 13.3. The van der Waals surface area contributed by atoms with E-state index in [1.165, 1.54) is 0 Å². The minimum absolute atomic E-state index is 0.356. The molecule has 0 saturated carbocycles. The van der Waals surface area contributed by atoms with Gasteiger partial charge in [-0.2, -0.15) is 10.4 Å². The minimum Gasteiger partial charge on any atom is -0.236 e. The Labute approximate surface area is 91.7 Å². The van der Waals surface area contributed by atoms with Crippen LogP contribution < -0.4 is 0 Å². The third kappa shape index (κ3) is 1.69. The second-order valence-corrected chi connectivity index (χ2v) is 3.41. The summed E-state index contributed by atoms with van der Waals surface area (Å²) in [5.41, 5.74) is 1.18. The van der Waals surface area contributed by atoms with E-state index in [0.29, 0.717) is 16.5 Å². The van der Waals surface area contributed by atoms with E-state index in [-0.39, 0.29) is 0 Å². The predicted octanol–water partition coefficient (Wildman–Crippen LogP) is 2.10. The van der Waals surface area contributed by atoms with Crippen molar-refractivity contribution in [3.8, 4) is 11.9 Å². The molecule has 0 unspecified atom stereocenters. The molecule has 2 aromatic heterocycles. The Hall–Kier alpha value is -1.86. The van der Waals surface area contributed by atoms with Crippen LogP contribution in [0, 0.1) is 18.3 Å². The van der Waals surface area contributed by atoms with Crippen LogP contribution in [0.1, 0.15) is 11.4 Å². The van der Waals surface area contributed by atoms with Gasteiger partial charge in [-0.25, -0.2) is 9.67 Å². The van der Waals surface area contributed by atoms with Gasteiger partial charge in [0.15, 0.2) is 11.5 Å². The van der Waals surface area contributed by atoms with Crippen molar-refractivity contribution in [2.24, 2.45) is 0 Å². The first-order valence-corrected chi connectivity index (χ1v) is 4.68. The summed E-state index contributed by atoms with van der Waals surface area (Å²) < 4.78 is 1.56. The Balaban J connectivity index is 2.60. The molecule has 2 heterocycles. The van der Waals surface area contributed by atoms with E-state index in [4.69, 9.17) is 16.9 Å². The molecule has 2 rings (SSSR count). The van der Waals surface area contributed by atoms with Crippen LogP contribution >= 0.6 is 11.6 Å². The Bertz CT molecular complexity index is 539. The zero-order valence-corrected chi connectivity index (χ0v) is 8.73. The van der Waals surface area contributed by atoms with Gasteiger partial charge in [-0.15, -0.1) is 0 Å². The molecule has 0 aliphatic rings. The van der Waals surface area contributed by atoms with Crippen molar-refractivity contribution in [2.45, 2.75) is 6.92 Å². The lowest BCUT2D eigenvalue weighted by Gasteiger charge is -2.03. The molecule has 0 aromatic carbocycles. The molecule has 0 amide bonds. The number of nitrogens with zero attached hydrogens (tertiary/aromatic N) is 4. The second kappa shape index (κ2) is 3.71. The van der Waals surface area contributed by atoms with Crippen molar-refractivity contribution < 1.29 is 0 Å². The number of rotatable bonds is 1. The maximum absolute atomic E-state index is 8.71. The first kappa shape index (κ1) is 9.69. The first-order valence-electron chi connectivity index (χ1n) is 4.30. The third-order valence-corrected chi connectivity index (χ3v) is 2.24. The monoisotopic (exact) mass is 218 g/mol. The predicted molar refractivity (Wildman–Crippen MR) is 55.8 cm³/mol. The molecule has 0 radical (unpaired) electrons. The van der Waals surface area contributed by atoms with E-state index >= 15 is 0 Å². The van der Waals surface area contributed by atoms with Gasteiger partial charge in [-0.3, -0.25) is 0 Å². The quantitative estimate of drug-likeness (QED) is 0.737. The second-order valence-electron chi connectivity index (χ2n) is 3.00. The number of aryl methyl sites for hydroxylation is 1. The summed E-state index contributed by atoms with van der Waals surface area (Å²) in [4.78, 5) is 4.12. The fourth-order valence-electron chi connectivity index (χ4n) is 1.28. The summed E-state index contributed by atoms with van der Waals surface area (Å²) in [7, 11) is 0. The van der Waals surface area contributed by atoms with Crippen LogP contribution in [-0.4, -0.2) is 14.8 Å². The van der Waals surface area contributed by atoms with E-state index in [1.54, 1.807) is 29.1 Å². The summed E-state index contributed by atoms with van der Waals surface area (Å²) in [6, 6.07) is 7.14. The first-order chi connectivity index (χ1) is 7.22. The Morgan fingerprint density at radius 3 is 2.93 bits per heavy atom. The molecule has 5 heteroatoms. The molecule has 0 N–H and O–H groups in total. The largest absolute Gasteiger partial charge is 0.236 e. The Morgan fingerprint density at radius 1 is 1.53 bits per heavy atom. The smallest absolute Gasteiger partial charge is 0.172 e. The number of hydrogen-bond acceptors (Lipinski definition) is 3. The summed E-state index contributed by atoms with van der Waals surface area (Å²) in [6.07, 6.45) is 1.63. The van der Waals surface area contributed by atoms with Crippen molar-refractivity contribution >= 4 is 11.6 Å². The molecular formula is C10H7ClN4. The lowest BCUT2D eigenvalue weighted by molar-refractivity contribution is 0.813. The molecule has 0 aliphatic heterocycles. The van der Waals surface area contributed by atoms with E-state index in [2.05, 4.69) is 10.1 Å². The molecule has 0 atom stereocenters. The zero-order valence-electron chi connectivity index (χ0n) is 7.98. The molecule has 0 fully saturated rings. The van der Waals surface area contributed by atoms with Crippen molar-refractivity contribution in [3.05, 3.63) is 40.8 Å². The van der Waals surface area contributed by atoms with E-state index in [9.17, 15) is 0 Å². The Morgan fingerprint density at radius 2 is 2.33 bits per heavy atom. The van der Waals surface area contributed by atoms with Gasteiger partial charge in [-0.05, 0) is 25.1 Å². The van der Waals surface area contributed by atoms with Crippen molar-refractivity contribution in [3.63, 3.8) is 0 Å². The molecule has 2 aromatic rings. The van der Waals surface area contributed by atoms with E-state index in [0.717, 1.165) is 5.69 Å². The van der Waals surface area contributed by atoms with Crippen LogP contribution in [0.5, 0.6) is 0 Å². The normalized spacial score (nSPS) is 9.93. The van der Waals surface area contributed by atoms with Crippen LogP contribution in [0.3, 0.4) is 0 Å². The average molecular weight is 219 g/mol. The number of halogens is 1. The molecule has 0 aliphatic carbocycles. The van der Waals surface area contributed by atoms with Gasteiger partial charge in [0, 0.05) is 11.9 Å². The highest BCUT2D eigenvalue weighted by molar-refractivity contribution is 6.32. The fraction of sp³-hybridized carbons (Fsp3) is 0.100.